The SMILES string of the molecule is CC(C)(C)CC(O)CNS(=O)(=O)c1cc(N)c(F)cc1Br. The third-order valence-electron chi connectivity index (χ3n) is 2.70. The third kappa shape index (κ3) is 5.54. The summed E-state index contributed by atoms with van der Waals surface area (Å²) in [6.07, 6.45) is -0.362. The fraction of sp³-hybridized carbons (Fsp3) is 0.538. The maximum absolute atomic E-state index is 13.2. The number of nitrogen functional groups attached to an aromatic ring is 1. The lowest BCUT2D eigenvalue weighted by molar-refractivity contribution is 0.125. The van der Waals surface area contributed by atoms with Gasteiger partial charge < -0.3 is 10.8 Å². The highest BCUT2D eigenvalue weighted by molar-refractivity contribution is 9.10. The molecule has 5 nitrogen and oxygen atoms in total. The number of halogens is 2. The van der Waals surface area contributed by atoms with Crippen molar-refractivity contribution in [3.63, 3.8) is 0 Å². The van der Waals surface area contributed by atoms with Crippen LogP contribution in [-0.4, -0.2) is 26.2 Å². The molecule has 0 aliphatic carbocycles. The van der Waals surface area contributed by atoms with E-state index in [0.29, 0.717) is 6.42 Å². The molecule has 0 bridgehead atoms. The van der Waals surface area contributed by atoms with Gasteiger partial charge in [0.1, 0.15) is 5.82 Å². The largest absolute Gasteiger partial charge is 0.396 e. The van der Waals surface area contributed by atoms with Crippen LogP contribution in [0.5, 0.6) is 0 Å². The molecule has 1 unspecified atom stereocenters. The Balaban J connectivity index is 2.86. The third-order valence-corrected chi connectivity index (χ3v) is 5.08. The van der Waals surface area contributed by atoms with Crippen LogP contribution in [0.2, 0.25) is 0 Å². The molecule has 0 aliphatic rings. The Morgan fingerprint density at radius 3 is 2.52 bits per heavy atom. The first-order valence-corrected chi connectivity index (χ1v) is 8.62. The second-order valence-electron chi connectivity index (χ2n) is 6.07. The molecule has 0 aliphatic heterocycles. The van der Waals surface area contributed by atoms with Crippen LogP contribution in [-0.2, 0) is 10.0 Å². The number of sulfonamides is 1. The van der Waals surface area contributed by atoms with Crippen molar-refractivity contribution in [1.82, 2.24) is 4.72 Å². The first-order valence-electron chi connectivity index (χ1n) is 6.34. The van der Waals surface area contributed by atoms with Crippen LogP contribution in [0.25, 0.3) is 0 Å². The summed E-state index contributed by atoms with van der Waals surface area (Å²) in [5.41, 5.74) is 5.01. The molecular weight excluding hydrogens is 363 g/mol. The maximum Gasteiger partial charge on any atom is 0.241 e. The first-order chi connectivity index (χ1) is 9.42. The second kappa shape index (κ2) is 6.60. The van der Waals surface area contributed by atoms with Crippen molar-refractivity contribution < 1.29 is 17.9 Å². The minimum atomic E-state index is -3.88. The predicted octanol–water partition coefficient (Wildman–Crippen LogP) is 2.25. The van der Waals surface area contributed by atoms with Gasteiger partial charge in [0.25, 0.3) is 0 Å². The topological polar surface area (TPSA) is 92.4 Å². The Morgan fingerprint density at radius 2 is 2.00 bits per heavy atom. The van der Waals surface area contributed by atoms with Gasteiger partial charge in [-0.2, -0.15) is 0 Å². The van der Waals surface area contributed by atoms with Crippen LogP contribution in [0.1, 0.15) is 27.2 Å². The Labute approximate surface area is 132 Å². The summed E-state index contributed by atoms with van der Waals surface area (Å²) in [6, 6.07) is 2.04. The lowest BCUT2D eigenvalue weighted by Crippen LogP contribution is -2.34. The lowest BCUT2D eigenvalue weighted by Gasteiger charge is -2.22. The predicted molar refractivity (Wildman–Crippen MR) is 83.8 cm³/mol. The van der Waals surface area contributed by atoms with E-state index >= 15 is 0 Å². The van der Waals surface area contributed by atoms with E-state index in [1.807, 2.05) is 20.8 Å². The van der Waals surface area contributed by atoms with Crippen LogP contribution in [0, 0.1) is 11.2 Å². The Kier molecular flexibility index (Phi) is 5.76. The van der Waals surface area contributed by atoms with Gasteiger partial charge in [0.2, 0.25) is 10.0 Å². The first kappa shape index (κ1) is 18.3. The molecule has 8 heteroatoms. The highest BCUT2D eigenvalue weighted by Crippen LogP contribution is 2.27. The molecule has 21 heavy (non-hydrogen) atoms. The fourth-order valence-corrected chi connectivity index (χ4v) is 3.93. The van der Waals surface area contributed by atoms with Gasteiger partial charge >= 0.3 is 0 Å². The molecular formula is C13H20BrFN2O3S. The summed E-state index contributed by atoms with van der Waals surface area (Å²) >= 11 is 3.00. The number of nitrogens with two attached hydrogens (primary N) is 1. The van der Waals surface area contributed by atoms with E-state index in [1.54, 1.807) is 0 Å². The summed E-state index contributed by atoms with van der Waals surface area (Å²) in [6.45, 7) is 5.72. The van der Waals surface area contributed by atoms with Gasteiger partial charge in [-0.15, -0.1) is 0 Å². The van der Waals surface area contributed by atoms with Crippen molar-refractivity contribution in [2.45, 2.75) is 38.2 Å². The van der Waals surface area contributed by atoms with E-state index in [9.17, 15) is 17.9 Å². The zero-order chi connectivity index (χ0) is 16.4. The summed E-state index contributed by atoms with van der Waals surface area (Å²) in [5, 5.41) is 9.84. The number of anilines is 1. The van der Waals surface area contributed by atoms with Crippen molar-refractivity contribution in [1.29, 1.82) is 0 Å². The Hall–Kier alpha value is -0.700. The van der Waals surface area contributed by atoms with Crippen molar-refractivity contribution >= 4 is 31.6 Å². The molecule has 1 aromatic carbocycles. The van der Waals surface area contributed by atoms with E-state index in [1.165, 1.54) is 0 Å². The molecule has 0 saturated heterocycles. The zero-order valence-electron chi connectivity index (χ0n) is 12.2. The quantitative estimate of drug-likeness (QED) is 0.680. The minimum absolute atomic E-state index is 0.0759. The Morgan fingerprint density at radius 1 is 1.43 bits per heavy atom. The molecule has 1 atom stereocenters. The molecule has 0 spiro atoms. The highest BCUT2D eigenvalue weighted by atomic mass is 79.9. The van der Waals surface area contributed by atoms with Gasteiger partial charge in [-0.1, -0.05) is 20.8 Å². The number of hydrogen-bond acceptors (Lipinski definition) is 4. The maximum atomic E-state index is 13.2. The van der Waals surface area contributed by atoms with Gasteiger partial charge in [0, 0.05) is 11.0 Å². The number of hydrogen-bond donors (Lipinski definition) is 3. The van der Waals surface area contributed by atoms with Crippen molar-refractivity contribution in [2.24, 2.45) is 5.41 Å². The van der Waals surface area contributed by atoms with E-state index in [4.69, 9.17) is 5.73 Å². The average Bonchev–Trinajstić information content (AvgIpc) is 2.29. The number of benzene rings is 1. The van der Waals surface area contributed by atoms with Crippen LogP contribution in [0.15, 0.2) is 21.5 Å². The van der Waals surface area contributed by atoms with Crippen LogP contribution < -0.4 is 10.5 Å². The second-order valence-corrected chi connectivity index (χ2v) is 8.66. The zero-order valence-corrected chi connectivity index (χ0v) is 14.6. The normalized spacial score (nSPS) is 14.2. The molecule has 120 valence electrons. The molecule has 0 amide bonds. The van der Waals surface area contributed by atoms with Crippen LogP contribution in [0.4, 0.5) is 10.1 Å². The number of aliphatic hydroxyl groups is 1. The van der Waals surface area contributed by atoms with Gasteiger partial charge in [0.15, 0.2) is 0 Å². The highest BCUT2D eigenvalue weighted by Gasteiger charge is 2.22. The van der Waals surface area contributed by atoms with E-state index in [-0.39, 0.29) is 27.0 Å². The molecule has 1 aromatic rings. The molecule has 0 fully saturated rings. The monoisotopic (exact) mass is 382 g/mol. The Bertz CT molecular complexity index is 615. The van der Waals surface area contributed by atoms with Gasteiger partial charge in [-0.05, 0) is 39.9 Å². The fourth-order valence-electron chi connectivity index (χ4n) is 1.81. The van der Waals surface area contributed by atoms with E-state index in [2.05, 4.69) is 20.7 Å². The van der Waals surface area contributed by atoms with Crippen molar-refractivity contribution in [3.05, 3.63) is 22.4 Å². The molecule has 4 N–H and O–H groups in total. The lowest BCUT2D eigenvalue weighted by atomic mass is 9.89. The van der Waals surface area contributed by atoms with Gasteiger partial charge in [-0.25, -0.2) is 17.5 Å². The van der Waals surface area contributed by atoms with Crippen molar-refractivity contribution in [3.8, 4) is 0 Å². The van der Waals surface area contributed by atoms with E-state index < -0.39 is 21.9 Å². The summed E-state index contributed by atoms with van der Waals surface area (Å²) in [7, 11) is -3.88. The molecule has 0 aromatic heterocycles. The van der Waals surface area contributed by atoms with E-state index in [0.717, 1.165) is 12.1 Å². The minimum Gasteiger partial charge on any atom is -0.396 e. The van der Waals surface area contributed by atoms with Crippen LogP contribution >= 0.6 is 15.9 Å². The average molecular weight is 383 g/mol. The number of rotatable bonds is 5. The smallest absolute Gasteiger partial charge is 0.241 e. The number of aliphatic hydroxyl groups excluding tert-OH is 1. The van der Waals surface area contributed by atoms with Crippen molar-refractivity contribution in [2.75, 3.05) is 12.3 Å². The molecule has 1 rings (SSSR count). The molecule has 0 radical (unpaired) electrons. The van der Waals surface area contributed by atoms with Gasteiger partial charge in [0.05, 0.1) is 16.7 Å². The van der Waals surface area contributed by atoms with Gasteiger partial charge in [-0.3, -0.25) is 0 Å². The summed E-state index contributed by atoms with van der Waals surface area (Å²) in [5.74, 6) is -0.700. The molecule has 0 heterocycles. The summed E-state index contributed by atoms with van der Waals surface area (Å²) in [4.78, 5) is -0.163. The summed E-state index contributed by atoms with van der Waals surface area (Å²) < 4.78 is 39.9. The van der Waals surface area contributed by atoms with Crippen LogP contribution in [0.3, 0.4) is 0 Å². The number of nitrogens with one attached hydrogen (secondary N) is 1. The standard InChI is InChI=1S/C13H20BrFN2O3S/c1-13(2,3)6-8(18)7-17-21(19,20)12-5-11(16)10(15)4-9(12)14/h4-5,8,17-18H,6-7,16H2,1-3H3. The molecule has 0 saturated carbocycles.